The Bertz CT molecular complexity index is 744. The monoisotopic (exact) mass is 382 g/mol. The largest absolute Gasteiger partial charge is 0.326 e. The van der Waals surface area contributed by atoms with Crippen LogP contribution in [0.15, 0.2) is 48.5 Å². The van der Waals surface area contributed by atoms with Crippen molar-refractivity contribution in [3.63, 3.8) is 0 Å². The third-order valence-corrected chi connectivity index (χ3v) is 5.72. The molecule has 25 heavy (non-hydrogen) atoms. The van der Waals surface area contributed by atoms with E-state index in [-0.39, 0.29) is 12.4 Å². The number of unbranched alkanes of at least 4 members (excludes halogenated alkanes) is 1. The first kappa shape index (κ1) is 21.6. The van der Waals surface area contributed by atoms with Gasteiger partial charge in [-0.25, -0.2) is 13.6 Å². The third-order valence-electron chi connectivity index (χ3n) is 4.36. The Kier molecular flexibility index (Phi) is 8.59. The van der Waals surface area contributed by atoms with Gasteiger partial charge in [-0.1, -0.05) is 55.0 Å². The Labute approximate surface area is 157 Å². The highest BCUT2D eigenvalue weighted by molar-refractivity contribution is 7.89. The first-order valence-electron chi connectivity index (χ1n) is 8.30. The fourth-order valence-corrected chi connectivity index (χ4v) is 3.12. The van der Waals surface area contributed by atoms with E-state index in [0.29, 0.717) is 13.0 Å². The van der Waals surface area contributed by atoms with Gasteiger partial charge in [0, 0.05) is 6.54 Å². The van der Waals surface area contributed by atoms with Crippen molar-refractivity contribution in [2.75, 3.05) is 0 Å². The first-order chi connectivity index (χ1) is 11.4. The molecule has 0 saturated carbocycles. The van der Waals surface area contributed by atoms with Gasteiger partial charge in [0.05, 0.1) is 5.25 Å². The molecule has 0 heterocycles. The summed E-state index contributed by atoms with van der Waals surface area (Å²) >= 11 is 0. The number of aryl methyl sites for hydroxylation is 1. The van der Waals surface area contributed by atoms with Crippen LogP contribution in [-0.2, 0) is 23.0 Å². The molecule has 0 aliphatic heterocycles. The Morgan fingerprint density at radius 3 is 1.80 bits per heavy atom. The molecule has 0 aliphatic carbocycles. The average Bonchev–Trinajstić information content (AvgIpc) is 2.58. The maximum Gasteiger partial charge on any atom is 0.211 e. The molecule has 1 unspecified atom stereocenters. The summed E-state index contributed by atoms with van der Waals surface area (Å²) in [6.07, 6.45) is 3.39. The molecule has 138 valence electrons. The normalized spacial score (nSPS) is 12.4. The summed E-state index contributed by atoms with van der Waals surface area (Å²) in [6.45, 7) is 2.23. The molecule has 0 spiro atoms. The molecular formula is C19H27ClN2O2S. The van der Waals surface area contributed by atoms with Gasteiger partial charge in [-0.05, 0) is 48.4 Å². The minimum atomic E-state index is -3.40. The smallest absolute Gasteiger partial charge is 0.211 e. The quantitative estimate of drug-likeness (QED) is 0.683. The van der Waals surface area contributed by atoms with Crippen LogP contribution in [0.4, 0.5) is 0 Å². The number of hydrogen-bond donors (Lipinski definition) is 2. The molecule has 2 rings (SSSR count). The second kappa shape index (κ2) is 9.92. The molecule has 0 amide bonds. The standard InChI is InChI=1S/C19H26N2O2S.ClH/c1-15(24(21,22)23)4-2-3-5-16-6-10-18(11-7-16)19-12-8-17(14-20)9-13-19;/h6-13,15H,2-5,14,20H2,1H3,(H2,21,22,23);1H. The predicted octanol–water partition coefficient (Wildman–Crippen LogP) is 3.62. The van der Waals surface area contributed by atoms with Crippen molar-refractivity contribution in [2.24, 2.45) is 10.9 Å². The number of primary sulfonamides is 1. The van der Waals surface area contributed by atoms with Gasteiger partial charge in [-0.3, -0.25) is 0 Å². The van der Waals surface area contributed by atoms with Crippen LogP contribution in [0, 0.1) is 0 Å². The molecular weight excluding hydrogens is 356 g/mol. The van der Waals surface area contributed by atoms with E-state index in [0.717, 1.165) is 24.8 Å². The van der Waals surface area contributed by atoms with E-state index in [1.807, 2.05) is 0 Å². The molecule has 0 saturated heterocycles. The fourth-order valence-electron chi connectivity index (χ4n) is 2.62. The van der Waals surface area contributed by atoms with Crippen LogP contribution in [0.1, 0.15) is 37.3 Å². The van der Waals surface area contributed by atoms with Gasteiger partial charge in [0.25, 0.3) is 0 Å². The van der Waals surface area contributed by atoms with Crippen molar-refractivity contribution in [3.05, 3.63) is 59.7 Å². The molecule has 2 aromatic rings. The van der Waals surface area contributed by atoms with Crippen LogP contribution in [-0.4, -0.2) is 13.7 Å². The van der Waals surface area contributed by atoms with E-state index in [1.54, 1.807) is 6.92 Å². The molecule has 0 bridgehead atoms. The lowest BCUT2D eigenvalue weighted by Gasteiger charge is -2.09. The molecule has 6 heteroatoms. The van der Waals surface area contributed by atoms with Crippen LogP contribution in [0.3, 0.4) is 0 Å². The maximum absolute atomic E-state index is 11.2. The number of sulfonamides is 1. The molecule has 4 nitrogen and oxygen atoms in total. The van der Waals surface area contributed by atoms with Crippen LogP contribution >= 0.6 is 12.4 Å². The Morgan fingerprint density at radius 2 is 1.36 bits per heavy atom. The summed E-state index contributed by atoms with van der Waals surface area (Å²) in [5.74, 6) is 0. The number of hydrogen-bond acceptors (Lipinski definition) is 3. The molecule has 0 aliphatic rings. The van der Waals surface area contributed by atoms with Gasteiger partial charge in [-0.15, -0.1) is 12.4 Å². The highest BCUT2D eigenvalue weighted by Crippen LogP contribution is 2.21. The number of nitrogens with two attached hydrogens (primary N) is 2. The molecule has 1 atom stereocenters. The van der Waals surface area contributed by atoms with Crippen molar-refractivity contribution in [2.45, 2.75) is 44.4 Å². The van der Waals surface area contributed by atoms with E-state index in [2.05, 4.69) is 48.5 Å². The predicted molar refractivity (Wildman–Crippen MR) is 107 cm³/mol. The van der Waals surface area contributed by atoms with Crippen molar-refractivity contribution >= 4 is 22.4 Å². The highest BCUT2D eigenvalue weighted by Gasteiger charge is 2.14. The zero-order chi connectivity index (χ0) is 17.6. The van der Waals surface area contributed by atoms with Gasteiger partial charge in [0.2, 0.25) is 10.0 Å². The summed E-state index contributed by atoms with van der Waals surface area (Å²) in [6, 6.07) is 16.8. The van der Waals surface area contributed by atoms with Crippen molar-refractivity contribution in [1.82, 2.24) is 0 Å². The molecule has 0 radical (unpaired) electrons. The SMILES string of the molecule is CC(CCCCc1ccc(-c2ccc(CN)cc2)cc1)S(N)(=O)=O.Cl. The minimum absolute atomic E-state index is 0. The average molecular weight is 383 g/mol. The Hall–Kier alpha value is -1.40. The zero-order valence-electron chi connectivity index (χ0n) is 14.5. The number of halogens is 1. The fraction of sp³-hybridized carbons (Fsp3) is 0.368. The summed E-state index contributed by atoms with van der Waals surface area (Å²) in [5.41, 5.74) is 10.4. The first-order valence-corrected chi connectivity index (χ1v) is 9.91. The van der Waals surface area contributed by atoms with Crippen molar-refractivity contribution < 1.29 is 8.42 Å². The third kappa shape index (κ3) is 6.78. The van der Waals surface area contributed by atoms with Gasteiger partial charge in [0.15, 0.2) is 0 Å². The zero-order valence-corrected chi connectivity index (χ0v) is 16.2. The molecule has 2 aromatic carbocycles. The summed E-state index contributed by atoms with van der Waals surface area (Å²) in [5, 5.41) is 4.67. The second-order valence-corrected chi connectivity index (χ2v) is 8.23. The number of benzene rings is 2. The minimum Gasteiger partial charge on any atom is -0.326 e. The van der Waals surface area contributed by atoms with Gasteiger partial charge in [-0.2, -0.15) is 0 Å². The van der Waals surface area contributed by atoms with Crippen molar-refractivity contribution in [3.8, 4) is 11.1 Å². The second-order valence-electron chi connectivity index (χ2n) is 6.24. The van der Waals surface area contributed by atoms with E-state index in [9.17, 15) is 8.42 Å². The summed E-state index contributed by atoms with van der Waals surface area (Å²) in [7, 11) is -3.40. The lowest BCUT2D eigenvalue weighted by molar-refractivity contribution is 0.570. The Morgan fingerprint density at radius 1 is 0.880 bits per heavy atom. The molecule has 4 N–H and O–H groups in total. The topological polar surface area (TPSA) is 86.2 Å². The lowest BCUT2D eigenvalue weighted by Crippen LogP contribution is -2.25. The van der Waals surface area contributed by atoms with Crippen LogP contribution in [0.25, 0.3) is 11.1 Å². The van der Waals surface area contributed by atoms with Gasteiger partial charge >= 0.3 is 0 Å². The molecule has 0 aromatic heterocycles. The van der Waals surface area contributed by atoms with E-state index in [4.69, 9.17) is 10.9 Å². The maximum atomic E-state index is 11.2. The van der Waals surface area contributed by atoms with Crippen LogP contribution in [0.2, 0.25) is 0 Å². The Balaban J connectivity index is 0.00000312. The van der Waals surface area contributed by atoms with Crippen LogP contribution in [0.5, 0.6) is 0 Å². The molecule has 0 fully saturated rings. The highest BCUT2D eigenvalue weighted by atomic mass is 35.5. The van der Waals surface area contributed by atoms with E-state index in [1.165, 1.54) is 16.7 Å². The van der Waals surface area contributed by atoms with E-state index >= 15 is 0 Å². The van der Waals surface area contributed by atoms with Crippen LogP contribution < -0.4 is 10.9 Å². The number of rotatable bonds is 8. The van der Waals surface area contributed by atoms with Crippen molar-refractivity contribution in [1.29, 1.82) is 0 Å². The van der Waals surface area contributed by atoms with Gasteiger partial charge in [0.1, 0.15) is 0 Å². The lowest BCUT2D eigenvalue weighted by atomic mass is 10.0. The van der Waals surface area contributed by atoms with E-state index < -0.39 is 15.3 Å². The van der Waals surface area contributed by atoms with Gasteiger partial charge < -0.3 is 5.73 Å². The summed E-state index contributed by atoms with van der Waals surface area (Å²) in [4.78, 5) is 0. The summed E-state index contributed by atoms with van der Waals surface area (Å²) < 4.78 is 22.4.